The van der Waals surface area contributed by atoms with Crippen LogP contribution < -0.4 is 11.1 Å². The molecule has 1 saturated heterocycles. The summed E-state index contributed by atoms with van der Waals surface area (Å²) in [6, 6.07) is 0. The number of rotatable bonds is 3. The van der Waals surface area contributed by atoms with Gasteiger partial charge in [0.05, 0.1) is 0 Å². The summed E-state index contributed by atoms with van der Waals surface area (Å²) in [6.07, 6.45) is 8.12. The lowest BCUT2D eigenvalue weighted by Crippen LogP contribution is -2.59. The van der Waals surface area contributed by atoms with Crippen molar-refractivity contribution >= 4 is 11.9 Å². The molecule has 3 N–H and O–H groups in total. The topological polar surface area (TPSA) is 109 Å². The van der Waals surface area contributed by atoms with Gasteiger partial charge in [-0.1, -0.05) is 0 Å². The molecule has 5 saturated carbocycles. The highest BCUT2D eigenvalue weighted by molar-refractivity contribution is 6.32. The highest BCUT2D eigenvalue weighted by Crippen LogP contribution is 2.63. The van der Waals surface area contributed by atoms with Gasteiger partial charge in [0, 0.05) is 36.8 Å². The Morgan fingerprint density at radius 1 is 1.10 bits per heavy atom. The smallest absolute Gasteiger partial charge is 0.397 e. The Labute approximate surface area is 177 Å². The maximum absolute atomic E-state index is 12.2. The molecule has 0 aromatic heterocycles. The standard InChI is InChI=1S/C22H34N2O6/c1-20(2,23)12-24-18(25)19(26)27-17-4-3-5-21(11-17)28-22(30-29-21)15-7-13-6-14(9-15)10-16(22)8-13/h13-17H,3-12,23H2,1-2H3,(H,24,25). The van der Waals surface area contributed by atoms with Crippen LogP contribution in [0, 0.1) is 23.7 Å². The van der Waals surface area contributed by atoms with Crippen LogP contribution in [0.3, 0.4) is 0 Å². The number of ether oxygens (including phenoxy) is 2. The molecule has 2 spiro atoms. The minimum atomic E-state index is -0.885. The second kappa shape index (κ2) is 7.15. The van der Waals surface area contributed by atoms with Crippen LogP contribution in [0.15, 0.2) is 0 Å². The van der Waals surface area contributed by atoms with E-state index in [1.165, 1.54) is 6.42 Å². The van der Waals surface area contributed by atoms with Gasteiger partial charge in [0.25, 0.3) is 0 Å². The first-order valence-corrected chi connectivity index (χ1v) is 11.5. The van der Waals surface area contributed by atoms with Crippen molar-refractivity contribution in [2.24, 2.45) is 29.4 Å². The fourth-order valence-electron chi connectivity index (χ4n) is 6.61. The molecule has 6 rings (SSSR count). The summed E-state index contributed by atoms with van der Waals surface area (Å²) in [7, 11) is 0. The Morgan fingerprint density at radius 3 is 2.40 bits per heavy atom. The van der Waals surface area contributed by atoms with Gasteiger partial charge >= 0.3 is 11.9 Å². The Hall–Kier alpha value is -1.22. The molecule has 2 atom stereocenters. The third kappa shape index (κ3) is 3.66. The molecule has 0 radical (unpaired) electrons. The SMILES string of the molecule is CC(C)(N)CNC(=O)C(=O)OC1CCCC2(C1)OOC1(O2)C2CC3CC(C2)CC1C3. The van der Waals surface area contributed by atoms with E-state index in [-0.39, 0.29) is 6.54 Å². The van der Waals surface area contributed by atoms with Crippen molar-refractivity contribution in [2.45, 2.75) is 94.9 Å². The molecule has 1 amide bonds. The van der Waals surface area contributed by atoms with Crippen LogP contribution in [0.4, 0.5) is 0 Å². The lowest BCUT2D eigenvalue weighted by Gasteiger charge is -2.57. The van der Waals surface area contributed by atoms with Gasteiger partial charge in [-0.15, -0.1) is 0 Å². The van der Waals surface area contributed by atoms with Crippen molar-refractivity contribution in [2.75, 3.05) is 6.54 Å². The molecule has 2 unspecified atom stereocenters. The Kier molecular flexibility index (Phi) is 4.93. The second-order valence-corrected chi connectivity index (χ2v) is 11.0. The highest BCUT2D eigenvalue weighted by Gasteiger charge is 2.67. The summed E-state index contributed by atoms with van der Waals surface area (Å²) in [5, 5.41) is 2.53. The van der Waals surface area contributed by atoms with E-state index in [2.05, 4.69) is 5.32 Å². The van der Waals surface area contributed by atoms with Crippen LogP contribution >= 0.6 is 0 Å². The molecule has 6 fully saturated rings. The Bertz CT molecular complexity index is 691. The Balaban J connectivity index is 1.21. The molecule has 5 aliphatic carbocycles. The van der Waals surface area contributed by atoms with Gasteiger partial charge in [-0.3, -0.25) is 4.79 Å². The number of nitrogens with one attached hydrogen (secondary N) is 1. The molecule has 8 heteroatoms. The number of carbonyl (C=O) groups excluding carboxylic acids is 2. The Morgan fingerprint density at radius 2 is 1.77 bits per heavy atom. The monoisotopic (exact) mass is 422 g/mol. The van der Waals surface area contributed by atoms with Gasteiger partial charge in [-0.05, 0) is 70.6 Å². The molecule has 4 bridgehead atoms. The van der Waals surface area contributed by atoms with Crippen LogP contribution in [-0.2, 0) is 28.8 Å². The van der Waals surface area contributed by atoms with Crippen LogP contribution in [-0.4, -0.2) is 41.6 Å². The van der Waals surface area contributed by atoms with Crippen LogP contribution in [0.1, 0.15) is 71.6 Å². The zero-order chi connectivity index (χ0) is 21.1. The van der Waals surface area contributed by atoms with E-state index in [4.69, 9.17) is 25.0 Å². The van der Waals surface area contributed by atoms with Crippen molar-refractivity contribution in [3.8, 4) is 0 Å². The quantitative estimate of drug-likeness (QED) is 0.407. The number of hydrogen-bond acceptors (Lipinski definition) is 7. The number of carbonyl (C=O) groups is 2. The highest BCUT2D eigenvalue weighted by atomic mass is 17.3. The van der Waals surface area contributed by atoms with Gasteiger partial charge in [0.2, 0.25) is 11.6 Å². The normalized spacial score (nSPS) is 44.6. The summed E-state index contributed by atoms with van der Waals surface area (Å²) < 4.78 is 12.2. The fraction of sp³-hybridized carbons (Fsp3) is 0.909. The van der Waals surface area contributed by atoms with Crippen molar-refractivity contribution < 1.29 is 28.8 Å². The van der Waals surface area contributed by atoms with Gasteiger partial charge in [0.15, 0.2) is 0 Å². The minimum absolute atomic E-state index is 0.197. The van der Waals surface area contributed by atoms with Gasteiger partial charge < -0.3 is 20.5 Å². The first-order chi connectivity index (χ1) is 14.2. The number of nitrogens with two attached hydrogens (primary N) is 1. The van der Waals surface area contributed by atoms with Gasteiger partial charge in [-0.25, -0.2) is 4.79 Å². The molecular weight excluding hydrogens is 388 g/mol. The van der Waals surface area contributed by atoms with E-state index in [0.717, 1.165) is 43.9 Å². The van der Waals surface area contributed by atoms with Crippen molar-refractivity contribution in [1.82, 2.24) is 5.32 Å². The summed E-state index contributed by atoms with van der Waals surface area (Å²) >= 11 is 0. The van der Waals surface area contributed by atoms with E-state index in [0.29, 0.717) is 31.1 Å². The molecule has 8 nitrogen and oxygen atoms in total. The van der Waals surface area contributed by atoms with Gasteiger partial charge in [-0.2, -0.15) is 9.78 Å². The summed E-state index contributed by atoms with van der Waals surface area (Å²) in [6.45, 7) is 3.75. The molecule has 0 aromatic carbocycles. The van der Waals surface area contributed by atoms with Crippen molar-refractivity contribution in [1.29, 1.82) is 0 Å². The summed E-state index contributed by atoms with van der Waals surface area (Å²) in [4.78, 5) is 36.2. The lowest BCUT2D eigenvalue weighted by atomic mass is 9.53. The van der Waals surface area contributed by atoms with Crippen LogP contribution in [0.2, 0.25) is 0 Å². The molecule has 0 aromatic rings. The maximum Gasteiger partial charge on any atom is 0.397 e. The van der Waals surface area contributed by atoms with Crippen LogP contribution in [0.25, 0.3) is 0 Å². The average molecular weight is 423 g/mol. The number of esters is 1. The van der Waals surface area contributed by atoms with Gasteiger partial charge in [0.1, 0.15) is 6.10 Å². The van der Waals surface area contributed by atoms with E-state index < -0.39 is 35.1 Å². The first kappa shape index (κ1) is 20.7. The molecular formula is C22H34N2O6. The minimum Gasteiger partial charge on any atom is -0.455 e. The average Bonchev–Trinajstić information content (AvgIpc) is 3.03. The van der Waals surface area contributed by atoms with E-state index in [1.54, 1.807) is 13.8 Å². The summed E-state index contributed by atoms with van der Waals surface area (Å²) in [5.41, 5.74) is 5.25. The second-order valence-electron chi connectivity index (χ2n) is 11.0. The van der Waals surface area contributed by atoms with E-state index in [9.17, 15) is 9.59 Å². The van der Waals surface area contributed by atoms with E-state index in [1.807, 2.05) is 0 Å². The number of amides is 1. The summed E-state index contributed by atoms with van der Waals surface area (Å²) in [5.74, 6) is -0.780. The third-order valence-corrected chi connectivity index (χ3v) is 7.73. The molecule has 168 valence electrons. The predicted molar refractivity (Wildman–Crippen MR) is 105 cm³/mol. The molecule has 30 heavy (non-hydrogen) atoms. The van der Waals surface area contributed by atoms with Crippen molar-refractivity contribution in [3.05, 3.63) is 0 Å². The first-order valence-electron chi connectivity index (χ1n) is 11.5. The zero-order valence-electron chi connectivity index (χ0n) is 18.0. The fourth-order valence-corrected chi connectivity index (χ4v) is 6.61. The lowest BCUT2D eigenvalue weighted by molar-refractivity contribution is -0.390. The molecule has 1 aliphatic heterocycles. The third-order valence-electron chi connectivity index (χ3n) is 7.73. The van der Waals surface area contributed by atoms with Crippen molar-refractivity contribution in [3.63, 3.8) is 0 Å². The largest absolute Gasteiger partial charge is 0.455 e. The number of hydrogen-bond donors (Lipinski definition) is 2. The maximum atomic E-state index is 12.2. The predicted octanol–water partition coefficient (Wildman–Crippen LogP) is 2.15. The molecule has 1 heterocycles. The van der Waals surface area contributed by atoms with Crippen LogP contribution in [0.5, 0.6) is 0 Å². The zero-order valence-corrected chi connectivity index (χ0v) is 18.0. The van der Waals surface area contributed by atoms with E-state index >= 15 is 0 Å². The molecule has 6 aliphatic rings.